The Hall–Kier alpha value is -2.36. The van der Waals surface area contributed by atoms with Gasteiger partial charge in [-0.25, -0.2) is 4.39 Å². The summed E-state index contributed by atoms with van der Waals surface area (Å²) in [5.41, 5.74) is 1.49. The minimum atomic E-state index is -0.466. The molecule has 0 saturated carbocycles. The maximum atomic E-state index is 13.4. The van der Waals surface area contributed by atoms with Crippen LogP contribution in [0.5, 0.6) is 5.75 Å². The first-order valence-corrected chi connectivity index (χ1v) is 7.70. The van der Waals surface area contributed by atoms with Gasteiger partial charge in [0.15, 0.2) is 6.61 Å². The SMILES string of the molecule is CCC(C)(C)c1ccc(OCC(=O)Nc2ccccc2F)cc1. The molecule has 0 aliphatic heterocycles. The summed E-state index contributed by atoms with van der Waals surface area (Å²) >= 11 is 0. The van der Waals surface area contributed by atoms with Crippen molar-refractivity contribution in [2.45, 2.75) is 32.6 Å². The Bertz CT molecular complexity index is 665. The molecule has 0 radical (unpaired) electrons. The number of anilines is 1. The van der Waals surface area contributed by atoms with Gasteiger partial charge in [-0.05, 0) is 41.7 Å². The second-order valence-electron chi connectivity index (χ2n) is 6.08. The molecule has 0 atom stereocenters. The normalized spacial score (nSPS) is 11.1. The van der Waals surface area contributed by atoms with Gasteiger partial charge in [-0.1, -0.05) is 45.0 Å². The van der Waals surface area contributed by atoms with E-state index in [0.717, 1.165) is 6.42 Å². The molecule has 2 rings (SSSR count). The minimum absolute atomic E-state index is 0.112. The Balaban J connectivity index is 1.91. The molecule has 0 spiro atoms. The number of carbonyl (C=O) groups excluding carboxylic acids is 1. The van der Waals surface area contributed by atoms with Gasteiger partial charge in [-0.2, -0.15) is 0 Å². The summed E-state index contributed by atoms with van der Waals surface area (Å²) in [6.45, 7) is 6.36. The number of benzene rings is 2. The Morgan fingerprint density at radius 3 is 2.39 bits per heavy atom. The molecule has 0 aliphatic carbocycles. The Morgan fingerprint density at radius 1 is 1.13 bits per heavy atom. The second-order valence-corrected chi connectivity index (χ2v) is 6.08. The molecule has 0 aromatic heterocycles. The summed E-state index contributed by atoms with van der Waals surface area (Å²) in [6.07, 6.45) is 1.04. The summed E-state index contributed by atoms with van der Waals surface area (Å²) in [7, 11) is 0. The van der Waals surface area contributed by atoms with Crippen LogP contribution in [0.1, 0.15) is 32.8 Å². The van der Waals surface area contributed by atoms with Crippen molar-refractivity contribution in [2.75, 3.05) is 11.9 Å². The van der Waals surface area contributed by atoms with E-state index in [2.05, 4.69) is 26.1 Å². The summed E-state index contributed by atoms with van der Waals surface area (Å²) in [5, 5.41) is 2.49. The third-order valence-corrected chi connectivity index (χ3v) is 4.04. The maximum absolute atomic E-state index is 13.4. The third-order valence-electron chi connectivity index (χ3n) is 4.04. The monoisotopic (exact) mass is 315 g/mol. The summed E-state index contributed by atoms with van der Waals surface area (Å²) < 4.78 is 18.9. The van der Waals surface area contributed by atoms with Crippen LogP contribution in [-0.4, -0.2) is 12.5 Å². The molecular formula is C19H22FNO2. The average molecular weight is 315 g/mol. The first kappa shape index (κ1) is 17.0. The molecular weight excluding hydrogens is 293 g/mol. The molecule has 3 nitrogen and oxygen atoms in total. The van der Waals surface area contributed by atoms with Crippen molar-refractivity contribution in [3.63, 3.8) is 0 Å². The van der Waals surface area contributed by atoms with Gasteiger partial charge in [0.1, 0.15) is 11.6 Å². The molecule has 0 fully saturated rings. The van der Waals surface area contributed by atoms with Crippen LogP contribution in [0.2, 0.25) is 0 Å². The van der Waals surface area contributed by atoms with E-state index in [1.807, 2.05) is 24.3 Å². The van der Waals surface area contributed by atoms with E-state index in [4.69, 9.17) is 4.74 Å². The predicted molar refractivity (Wildman–Crippen MR) is 90.3 cm³/mol. The van der Waals surface area contributed by atoms with Gasteiger partial charge < -0.3 is 10.1 Å². The minimum Gasteiger partial charge on any atom is -0.484 e. The predicted octanol–water partition coefficient (Wildman–Crippen LogP) is 4.53. The lowest BCUT2D eigenvalue weighted by atomic mass is 9.82. The van der Waals surface area contributed by atoms with Crippen molar-refractivity contribution in [3.05, 3.63) is 59.9 Å². The summed E-state index contributed by atoms with van der Waals surface area (Å²) in [5.74, 6) is -0.246. The fraction of sp³-hybridized carbons (Fsp3) is 0.316. The van der Waals surface area contributed by atoms with Gasteiger partial charge in [0.25, 0.3) is 5.91 Å². The van der Waals surface area contributed by atoms with Crippen LogP contribution in [0, 0.1) is 5.82 Å². The van der Waals surface area contributed by atoms with Crippen molar-refractivity contribution in [1.29, 1.82) is 0 Å². The number of rotatable bonds is 6. The number of ether oxygens (including phenoxy) is 1. The highest BCUT2D eigenvalue weighted by atomic mass is 19.1. The Labute approximate surface area is 136 Å². The van der Waals surface area contributed by atoms with Crippen molar-refractivity contribution in [1.82, 2.24) is 0 Å². The van der Waals surface area contributed by atoms with Gasteiger partial charge >= 0.3 is 0 Å². The van der Waals surface area contributed by atoms with E-state index >= 15 is 0 Å². The lowest BCUT2D eigenvalue weighted by Crippen LogP contribution is -2.21. The van der Waals surface area contributed by atoms with Crippen molar-refractivity contribution in [2.24, 2.45) is 0 Å². The zero-order valence-corrected chi connectivity index (χ0v) is 13.7. The van der Waals surface area contributed by atoms with E-state index in [1.54, 1.807) is 12.1 Å². The molecule has 0 saturated heterocycles. The largest absolute Gasteiger partial charge is 0.484 e. The fourth-order valence-electron chi connectivity index (χ4n) is 2.10. The summed E-state index contributed by atoms with van der Waals surface area (Å²) in [6, 6.07) is 13.8. The lowest BCUT2D eigenvalue weighted by Gasteiger charge is -2.23. The number of para-hydroxylation sites is 1. The second kappa shape index (κ2) is 7.27. The van der Waals surface area contributed by atoms with E-state index in [-0.39, 0.29) is 17.7 Å². The van der Waals surface area contributed by atoms with Crippen LogP contribution in [0.3, 0.4) is 0 Å². The topological polar surface area (TPSA) is 38.3 Å². The number of hydrogen-bond acceptors (Lipinski definition) is 2. The lowest BCUT2D eigenvalue weighted by molar-refractivity contribution is -0.118. The van der Waals surface area contributed by atoms with Crippen LogP contribution < -0.4 is 10.1 Å². The first-order valence-electron chi connectivity index (χ1n) is 7.70. The number of nitrogens with one attached hydrogen (secondary N) is 1. The maximum Gasteiger partial charge on any atom is 0.262 e. The Kier molecular flexibility index (Phi) is 5.37. The van der Waals surface area contributed by atoms with Crippen LogP contribution in [0.25, 0.3) is 0 Å². The van der Waals surface area contributed by atoms with Crippen LogP contribution in [0.4, 0.5) is 10.1 Å². The molecule has 4 heteroatoms. The number of halogens is 1. The molecule has 0 aliphatic rings. The quantitative estimate of drug-likeness (QED) is 0.850. The van der Waals surface area contributed by atoms with Crippen LogP contribution >= 0.6 is 0 Å². The van der Waals surface area contributed by atoms with Gasteiger partial charge in [0.2, 0.25) is 0 Å². The number of carbonyl (C=O) groups is 1. The Morgan fingerprint density at radius 2 is 1.78 bits per heavy atom. The molecule has 1 N–H and O–H groups in total. The van der Waals surface area contributed by atoms with Crippen LogP contribution in [0.15, 0.2) is 48.5 Å². The zero-order chi connectivity index (χ0) is 16.9. The smallest absolute Gasteiger partial charge is 0.262 e. The summed E-state index contributed by atoms with van der Waals surface area (Å²) in [4.78, 5) is 11.8. The molecule has 0 bridgehead atoms. The van der Waals surface area contributed by atoms with Crippen molar-refractivity contribution in [3.8, 4) is 5.75 Å². The van der Waals surface area contributed by atoms with E-state index in [1.165, 1.54) is 17.7 Å². The van der Waals surface area contributed by atoms with E-state index in [0.29, 0.717) is 5.75 Å². The molecule has 0 heterocycles. The average Bonchev–Trinajstić information content (AvgIpc) is 2.55. The molecule has 23 heavy (non-hydrogen) atoms. The van der Waals surface area contributed by atoms with E-state index < -0.39 is 11.7 Å². The van der Waals surface area contributed by atoms with Gasteiger partial charge in [0, 0.05) is 0 Å². The first-order chi connectivity index (χ1) is 10.9. The van der Waals surface area contributed by atoms with E-state index in [9.17, 15) is 9.18 Å². The highest BCUT2D eigenvalue weighted by molar-refractivity contribution is 5.91. The van der Waals surface area contributed by atoms with Gasteiger partial charge in [-0.3, -0.25) is 4.79 Å². The van der Waals surface area contributed by atoms with Crippen LogP contribution in [-0.2, 0) is 10.2 Å². The van der Waals surface area contributed by atoms with Gasteiger partial charge in [-0.15, -0.1) is 0 Å². The molecule has 0 unspecified atom stereocenters. The number of hydrogen-bond donors (Lipinski definition) is 1. The highest BCUT2D eigenvalue weighted by Gasteiger charge is 2.17. The van der Waals surface area contributed by atoms with Crippen molar-refractivity contribution < 1.29 is 13.9 Å². The van der Waals surface area contributed by atoms with Crippen molar-refractivity contribution >= 4 is 11.6 Å². The molecule has 2 aromatic rings. The third kappa shape index (κ3) is 4.55. The zero-order valence-electron chi connectivity index (χ0n) is 13.7. The highest BCUT2D eigenvalue weighted by Crippen LogP contribution is 2.28. The standard InChI is InChI=1S/C19H22FNO2/c1-4-19(2,3)14-9-11-15(12-10-14)23-13-18(22)21-17-8-6-5-7-16(17)20/h5-12H,4,13H2,1-3H3,(H,21,22). The van der Waals surface area contributed by atoms with Gasteiger partial charge in [0.05, 0.1) is 5.69 Å². The number of amides is 1. The fourth-order valence-corrected chi connectivity index (χ4v) is 2.10. The molecule has 122 valence electrons. The molecule has 1 amide bonds. The molecule has 2 aromatic carbocycles.